The number of nitrogens with zero attached hydrogens (tertiary/aromatic N) is 2. The molecule has 1 aromatic heterocycles. The number of para-hydroxylation sites is 2. The van der Waals surface area contributed by atoms with E-state index in [1.165, 1.54) is 4.57 Å². The number of carbonyl (C=O) groups is 1. The molecule has 0 saturated carbocycles. The van der Waals surface area contributed by atoms with E-state index in [0.29, 0.717) is 0 Å². The van der Waals surface area contributed by atoms with Crippen LogP contribution in [0.2, 0.25) is 0 Å². The topological polar surface area (TPSA) is 63.6 Å². The van der Waals surface area contributed by atoms with Crippen LogP contribution in [-0.4, -0.2) is 41.7 Å². The molecule has 0 bridgehead atoms. The average molecular weight is 391 g/mol. The van der Waals surface area contributed by atoms with E-state index in [1.54, 1.807) is 6.07 Å². The molecule has 4 rings (SSSR count). The number of morpholine rings is 1. The molecule has 6 heteroatoms. The van der Waals surface area contributed by atoms with Gasteiger partial charge in [-0.2, -0.15) is 0 Å². The van der Waals surface area contributed by atoms with Crippen LogP contribution in [0.4, 0.5) is 5.69 Å². The Kier molecular flexibility index (Phi) is 5.74. The van der Waals surface area contributed by atoms with Crippen molar-refractivity contribution in [3.63, 3.8) is 0 Å². The lowest BCUT2D eigenvalue weighted by molar-refractivity contribution is -0.116. The van der Waals surface area contributed by atoms with Crippen LogP contribution in [-0.2, 0) is 22.6 Å². The predicted octanol–water partition coefficient (Wildman–Crippen LogP) is 2.78. The Morgan fingerprint density at radius 3 is 2.62 bits per heavy atom. The van der Waals surface area contributed by atoms with Crippen molar-refractivity contribution >= 4 is 22.5 Å². The lowest BCUT2D eigenvalue weighted by Gasteiger charge is -2.27. The minimum absolute atomic E-state index is 0.0223. The van der Waals surface area contributed by atoms with Crippen molar-refractivity contribution in [2.45, 2.75) is 20.0 Å². The Morgan fingerprint density at radius 1 is 1.07 bits per heavy atom. The van der Waals surface area contributed by atoms with Gasteiger partial charge in [0.1, 0.15) is 6.54 Å². The Balaban J connectivity index is 1.54. The van der Waals surface area contributed by atoms with Gasteiger partial charge in [-0.15, -0.1) is 0 Å². The summed E-state index contributed by atoms with van der Waals surface area (Å²) in [5.74, 6) is -0.212. The number of ether oxygens (including phenoxy) is 1. The number of aryl methyl sites for hydroxylation is 1. The first-order valence-electron chi connectivity index (χ1n) is 9.89. The fourth-order valence-electron chi connectivity index (χ4n) is 3.78. The van der Waals surface area contributed by atoms with Crippen molar-refractivity contribution in [3.05, 3.63) is 76.1 Å². The zero-order chi connectivity index (χ0) is 20.2. The standard InChI is InChI=1S/C23H25N3O3/c1-17-14-23(28)26(21-9-5-3-7-19(17)21)16-22(27)24-20-8-4-2-6-18(20)15-25-10-12-29-13-11-25/h2-9,14H,10-13,15-16H2,1H3,(H,24,27). The number of pyridine rings is 1. The highest BCUT2D eigenvalue weighted by atomic mass is 16.5. The Bertz CT molecular complexity index is 1080. The van der Waals surface area contributed by atoms with Crippen LogP contribution in [0.15, 0.2) is 59.4 Å². The van der Waals surface area contributed by atoms with Crippen LogP contribution in [0.25, 0.3) is 10.9 Å². The van der Waals surface area contributed by atoms with E-state index in [1.807, 2.05) is 55.5 Å². The molecule has 29 heavy (non-hydrogen) atoms. The van der Waals surface area contributed by atoms with Gasteiger partial charge in [-0.3, -0.25) is 19.1 Å². The van der Waals surface area contributed by atoms with Crippen molar-refractivity contribution < 1.29 is 9.53 Å². The first-order chi connectivity index (χ1) is 14.1. The quantitative estimate of drug-likeness (QED) is 0.727. The molecule has 0 spiro atoms. The number of rotatable bonds is 5. The highest BCUT2D eigenvalue weighted by molar-refractivity contribution is 5.92. The molecule has 1 saturated heterocycles. The van der Waals surface area contributed by atoms with Gasteiger partial charge in [-0.1, -0.05) is 36.4 Å². The molecule has 2 heterocycles. The maximum absolute atomic E-state index is 12.8. The number of hydrogen-bond acceptors (Lipinski definition) is 4. The number of anilines is 1. The van der Waals surface area contributed by atoms with Crippen LogP contribution in [0, 0.1) is 6.92 Å². The normalized spacial score (nSPS) is 14.8. The second-order valence-electron chi connectivity index (χ2n) is 7.36. The molecule has 1 aliphatic rings. The molecule has 1 amide bonds. The largest absolute Gasteiger partial charge is 0.379 e. The highest BCUT2D eigenvalue weighted by Crippen LogP contribution is 2.19. The molecule has 150 valence electrons. The number of aromatic nitrogens is 1. The van der Waals surface area contributed by atoms with Crippen LogP contribution >= 0.6 is 0 Å². The van der Waals surface area contributed by atoms with Crippen molar-refractivity contribution in [2.24, 2.45) is 0 Å². The summed E-state index contributed by atoms with van der Waals surface area (Å²) >= 11 is 0. The van der Waals surface area contributed by atoms with E-state index in [9.17, 15) is 9.59 Å². The Hall–Kier alpha value is -2.96. The lowest BCUT2D eigenvalue weighted by atomic mass is 10.1. The second kappa shape index (κ2) is 8.59. The molecular weight excluding hydrogens is 366 g/mol. The summed E-state index contributed by atoms with van der Waals surface area (Å²) in [6.45, 7) is 5.88. The van der Waals surface area contributed by atoms with Gasteiger partial charge in [-0.05, 0) is 30.2 Å². The first kappa shape index (κ1) is 19.4. The number of carbonyl (C=O) groups excluding carboxylic acids is 1. The Morgan fingerprint density at radius 2 is 1.79 bits per heavy atom. The van der Waals surface area contributed by atoms with Crippen LogP contribution in [0.3, 0.4) is 0 Å². The van der Waals surface area contributed by atoms with Crippen LogP contribution in [0.1, 0.15) is 11.1 Å². The number of nitrogens with one attached hydrogen (secondary N) is 1. The number of amides is 1. The van der Waals surface area contributed by atoms with E-state index in [0.717, 1.165) is 60.6 Å². The summed E-state index contributed by atoms with van der Waals surface area (Å²) < 4.78 is 6.94. The number of hydrogen-bond donors (Lipinski definition) is 1. The third-order valence-electron chi connectivity index (χ3n) is 5.32. The average Bonchev–Trinajstić information content (AvgIpc) is 2.73. The molecular formula is C23H25N3O3. The number of benzene rings is 2. The summed E-state index contributed by atoms with van der Waals surface area (Å²) in [6, 6.07) is 17.1. The molecule has 0 aliphatic carbocycles. The molecule has 1 fully saturated rings. The molecule has 1 N–H and O–H groups in total. The lowest BCUT2D eigenvalue weighted by Crippen LogP contribution is -2.36. The maximum Gasteiger partial charge on any atom is 0.251 e. The van der Waals surface area contributed by atoms with E-state index in [2.05, 4.69) is 10.2 Å². The van der Waals surface area contributed by atoms with Gasteiger partial charge in [0, 0.05) is 36.8 Å². The third-order valence-corrected chi connectivity index (χ3v) is 5.32. The van der Waals surface area contributed by atoms with Crippen LogP contribution in [0.5, 0.6) is 0 Å². The summed E-state index contributed by atoms with van der Waals surface area (Å²) in [7, 11) is 0. The van der Waals surface area contributed by atoms with E-state index in [-0.39, 0.29) is 18.0 Å². The monoisotopic (exact) mass is 391 g/mol. The zero-order valence-electron chi connectivity index (χ0n) is 16.6. The second-order valence-corrected chi connectivity index (χ2v) is 7.36. The van der Waals surface area contributed by atoms with Gasteiger partial charge in [0.05, 0.1) is 18.7 Å². The maximum atomic E-state index is 12.8. The van der Waals surface area contributed by atoms with E-state index >= 15 is 0 Å². The van der Waals surface area contributed by atoms with Gasteiger partial charge in [0.2, 0.25) is 5.91 Å². The van der Waals surface area contributed by atoms with Gasteiger partial charge in [0.15, 0.2) is 0 Å². The summed E-state index contributed by atoms with van der Waals surface area (Å²) in [4.78, 5) is 27.7. The van der Waals surface area contributed by atoms with Crippen molar-refractivity contribution in [3.8, 4) is 0 Å². The Labute approximate surface area is 169 Å². The van der Waals surface area contributed by atoms with Crippen molar-refractivity contribution in [1.82, 2.24) is 9.47 Å². The third kappa shape index (κ3) is 4.39. The molecule has 2 aromatic carbocycles. The van der Waals surface area contributed by atoms with Crippen molar-refractivity contribution in [2.75, 3.05) is 31.6 Å². The summed E-state index contributed by atoms with van der Waals surface area (Å²) in [6.07, 6.45) is 0. The molecule has 0 unspecified atom stereocenters. The number of fused-ring (bicyclic) bond motifs is 1. The summed E-state index contributed by atoms with van der Waals surface area (Å²) in [5.41, 5.74) is 3.36. The van der Waals surface area contributed by atoms with Gasteiger partial charge in [-0.25, -0.2) is 0 Å². The highest BCUT2D eigenvalue weighted by Gasteiger charge is 2.15. The molecule has 1 aliphatic heterocycles. The van der Waals surface area contributed by atoms with E-state index < -0.39 is 0 Å². The molecule has 0 atom stereocenters. The predicted molar refractivity (Wildman–Crippen MR) is 114 cm³/mol. The van der Waals surface area contributed by atoms with Crippen LogP contribution < -0.4 is 10.9 Å². The SMILES string of the molecule is Cc1cc(=O)n(CC(=O)Nc2ccccc2CN2CCOCC2)c2ccccc12. The van der Waals surface area contributed by atoms with Crippen molar-refractivity contribution in [1.29, 1.82) is 0 Å². The van der Waals surface area contributed by atoms with Gasteiger partial charge >= 0.3 is 0 Å². The fourth-order valence-corrected chi connectivity index (χ4v) is 3.78. The molecule has 0 radical (unpaired) electrons. The zero-order valence-corrected chi connectivity index (χ0v) is 16.6. The minimum atomic E-state index is -0.212. The first-order valence-corrected chi connectivity index (χ1v) is 9.89. The smallest absolute Gasteiger partial charge is 0.251 e. The molecule has 6 nitrogen and oxygen atoms in total. The summed E-state index contributed by atoms with van der Waals surface area (Å²) in [5, 5.41) is 3.98. The van der Waals surface area contributed by atoms with E-state index in [4.69, 9.17) is 4.74 Å². The van der Waals surface area contributed by atoms with Gasteiger partial charge in [0.25, 0.3) is 5.56 Å². The fraction of sp³-hybridized carbons (Fsp3) is 0.304. The minimum Gasteiger partial charge on any atom is -0.379 e. The van der Waals surface area contributed by atoms with Gasteiger partial charge < -0.3 is 10.1 Å². The molecule has 3 aromatic rings.